The van der Waals surface area contributed by atoms with E-state index in [4.69, 9.17) is 17.3 Å². The zero-order chi connectivity index (χ0) is 12.3. The Morgan fingerprint density at radius 2 is 2.12 bits per heavy atom. The van der Waals surface area contributed by atoms with E-state index >= 15 is 0 Å². The maximum absolute atomic E-state index is 5.88. The molecule has 0 radical (unpaired) electrons. The van der Waals surface area contributed by atoms with Gasteiger partial charge in [0.2, 0.25) is 0 Å². The van der Waals surface area contributed by atoms with Gasteiger partial charge in [0, 0.05) is 12.1 Å². The van der Waals surface area contributed by atoms with Crippen LogP contribution in [0.25, 0.3) is 0 Å². The average molecular weight is 241 g/mol. The van der Waals surface area contributed by atoms with Crippen molar-refractivity contribution in [2.45, 2.75) is 26.3 Å². The third kappa shape index (κ3) is 2.64. The normalized spacial score (nSPS) is 11.2. The molecule has 5 heteroatoms. The summed E-state index contributed by atoms with van der Waals surface area (Å²) in [6.45, 7) is 10.6. The second kappa shape index (κ2) is 4.70. The number of rotatable bonds is 3. The highest BCUT2D eigenvalue weighted by Gasteiger charge is 2.24. The lowest BCUT2D eigenvalue weighted by atomic mass is 10.1. The van der Waals surface area contributed by atoms with Crippen LogP contribution in [0.3, 0.4) is 0 Å². The summed E-state index contributed by atoms with van der Waals surface area (Å²) in [7, 11) is 0. The van der Waals surface area contributed by atoms with Crippen LogP contribution in [0.15, 0.2) is 19.0 Å². The summed E-state index contributed by atoms with van der Waals surface area (Å²) in [5.74, 6) is 0.646. The van der Waals surface area contributed by atoms with Crippen LogP contribution >= 0.6 is 11.6 Å². The average Bonchev–Trinajstić information content (AvgIpc) is 2.18. The molecule has 0 aliphatic heterocycles. The summed E-state index contributed by atoms with van der Waals surface area (Å²) >= 11 is 5.88. The fourth-order valence-corrected chi connectivity index (χ4v) is 1.52. The molecule has 0 amide bonds. The molecule has 88 valence electrons. The van der Waals surface area contributed by atoms with Crippen LogP contribution in [-0.4, -0.2) is 22.1 Å². The van der Waals surface area contributed by atoms with Crippen molar-refractivity contribution in [1.29, 1.82) is 0 Å². The molecule has 0 saturated heterocycles. The number of nitrogens with two attached hydrogens (primary N) is 1. The predicted octanol–water partition coefficient (Wildman–Crippen LogP) is 2.50. The van der Waals surface area contributed by atoms with Crippen molar-refractivity contribution >= 4 is 23.1 Å². The van der Waals surface area contributed by atoms with Gasteiger partial charge in [0.05, 0.1) is 0 Å². The van der Waals surface area contributed by atoms with Crippen molar-refractivity contribution in [3.05, 3.63) is 24.1 Å². The molecule has 0 aliphatic carbocycles. The van der Waals surface area contributed by atoms with Gasteiger partial charge in [-0.2, -0.15) is 0 Å². The molecule has 4 nitrogen and oxygen atoms in total. The van der Waals surface area contributed by atoms with Gasteiger partial charge >= 0.3 is 0 Å². The molecule has 16 heavy (non-hydrogen) atoms. The highest BCUT2D eigenvalue weighted by Crippen LogP contribution is 2.30. The summed E-state index contributed by atoms with van der Waals surface area (Å²) in [6.07, 6.45) is 3.22. The minimum absolute atomic E-state index is 0.111. The van der Waals surface area contributed by atoms with E-state index in [-0.39, 0.29) is 10.7 Å². The zero-order valence-electron chi connectivity index (χ0n) is 9.87. The molecule has 0 unspecified atom stereocenters. The maximum atomic E-state index is 5.88. The Labute approximate surface area is 101 Å². The van der Waals surface area contributed by atoms with Crippen molar-refractivity contribution in [3.8, 4) is 0 Å². The molecule has 1 aromatic rings. The molecule has 0 fully saturated rings. The molecular weight excluding hydrogens is 224 g/mol. The fraction of sp³-hybridized carbons (Fsp3) is 0.455. The smallest absolute Gasteiger partial charge is 0.157 e. The zero-order valence-corrected chi connectivity index (χ0v) is 10.6. The lowest BCUT2D eigenvalue weighted by Gasteiger charge is -2.36. The molecule has 0 aromatic carbocycles. The van der Waals surface area contributed by atoms with Crippen LogP contribution in [0.2, 0.25) is 5.15 Å². The Morgan fingerprint density at radius 3 is 2.62 bits per heavy atom. The highest BCUT2D eigenvalue weighted by molar-refractivity contribution is 6.32. The molecule has 0 saturated carbocycles. The van der Waals surface area contributed by atoms with Gasteiger partial charge < -0.3 is 10.6 Å². The third-order valence-electron chi connectivity index (χ3n) is 2.19. The summed E-state index contributed by atoms with van der Waals surface area (Å²) in [6, 6.07) is 0. The second-order valence-electron chi connectivity index (χ2n) is 4.47. The first-order chi connectivity index (χ1) is 7.38. The Morgan fingerprint density at radius 1 is 1.50 bits per heavy atom. The van der Waals surface area contributed by atoms with E-state index in [2.05, 4.69) is 37.3 Å². The first kappa shape index (κ1) is 12.8. The molecule has 0 spiro atoms. The van der Waals surface area contributed by atoms with Crippen molar-refractivity contribution in [2.24, 2.45) is 0 Å². The quantitative estimate of drug-likeness (QED) is 0.652. The molecule has 0 bridgehead atoms. The van der Waals surface area contributed by atoms with E-state index in [1.54, 1.807) is 6.08 Å². The number of nitrogen functional groups attached to an aromatic ring is 1. The fourth-order valence-electron chi connectivity index (χ4n) is 1.39. The van der Waals surface area contributed by atoms with Gasteiger partial charge in [0.1, 0.15) is 12.0 Å². The van der Waals surface area contributed by atoms with Gasteiger partial charge in [-0.3, -0.25) is 0 Å². The van der Waals surface area contributed by atoms with Crippen LogP contribution in [0.4, 0.5) is 11.5 Å². The minimum Gasteiger partial charge on any atom is -0.393 e. The number of nitrogens with zero attached hydrogens (tertiary/aromatic N) is 3. The molecule has 1 aromatic heterocycles. The van der Waals surface area contributed by atoms with Gasteiger partial charge in [0.25, 0.3) is 0 Å². The maximum Gasteiger partial charge on any atom is 0.157 e. The van der Waals surface area contributed by atoms with Gasteiger partial charge in [-0.15, -0.1) is 6.58 Å². The van der Waals surface area contributed by atoms with Crippen LogP contribution in [0, 0.1) is 0 Å². The van der Waals surface area contributed by atoms with Gasteiger partial charge in [-0.1, -0.05) is 17.7 Å². The standard InChI is InChI=1S/C11H17ClN4/c1-5-6-16(11(2,3)4)10-8(13)9(12)14-7-15-10/h5,7H,1,6,13H2,2-4H3. The molecule has 2 N–H and O–H groups in total. The Bertz CT molecular complexity index is 384. The molecule has 1 heterocycles. The van der Waals surface area contributed by atoms with E-state index in [0.29, 0.717) is 18.1 Å². The van der Waals surface area contributed by atoms with Crippen LogP contribution in [0.5, 0.6) is 0 Å². The SMILES string of the molecule is C=CCN(c1ncnc(Cl)c1N)C(C)(C)C. The monoisotopic (exact) mass is 240 g/mol. The minimum atomic E-state index is -0.111. The van der Waals surface area contributed by atoms with Crippen molar-refractivity contribution in [1.82, 2.24) is 9.97 Å². The van der Waals surface area contributed by atoms with Crippen molar-refractivity contribution in [3.63, 3.8) is 0 Å². The Balaban J connectivity index is 3.21. The summed E-state index contributed by atoms with van der Waals surface area (Å²) in [5.41, 5.74) is 6.17. The highest BCUT2D eigenvalue weighted by atomic mass is 35.5. The first-order valence-corrected chi connectivity index (χ1v) is 5.40. The number of hydrogen-bond acceptors (Lipinski definition) is 4. The molecule has 0 aliphatic rings. The molecule has 0 atom stereocenters. The topological polar surface area (TPSA) is 55.0 Å². The number of aromatic nitrogens is 2. The summed E-state index contributed by atoms with van der Waals surface area (Å²) in [5, 5.41) is 0.281. The number of anilines is 2. The Kier molecular flexibility index (Phi) is 3.75. The van der Waals surface area contributed by atoms with Crippen molar-refractivity contribution < 1.29 is 0 Å². The van der Waals surface area contributed by atoms with Gasteiger partial charge in [0.15, 0.2) is 11.0 Å². The summed E-state index contributed by atoms with van der Waals surface area (Å²) in [4.78, 5) is 10.1. The van der Waals surface area contributed by atoms with Gasteiger partial charge in [-0.25, -0.2) is 9.97 Å². The Hall–Kier alpha value is -1.29. The molecular formula is C11H17ClN4. The lowest BCUT2D eigenvalue weighted by Crippen LogP contribution is -2.42. The second-order valence-corrected chi connectivity index (χ2v) is 4.83. The third-order valence-corrected chi connectivity index (χ3v) is 2.49. The number of hydrogen-bond donors (Lipinski definition) is 1. The van der Waals surface area contributed by atoms with E-state index in [0.717, 1.165) is 0 Å². The van der Waals surface area contributed by atoms with E-state index in [1.165, 1.54) is 6.33 Å². The van der Waals surface area contributed by atoms with E-state index in [1.807, 2.05) is 4.90 Å². The predicted molar refractivity (Wildman–Crippen MR) is 68.8 cm³/mol. The van der Waals surface area contributed by atoms with Crippen LogP contribution in [-0.2, 0) is 0 Å². The van der Waals surface area contributed by atoms with Crippen molar-refractivity contribution in [2.75, 3.05) is 17.2 Å². The largest absolute Gasteiger partial charge is 0.393 e. The van der Waals surface area contributed by atoms with Gasteiger partial charge in [-0.05, 0) is 20.8 Å². The lowest BCUT2D eigenvalue weighted by molar-refractivity contribution is 0.518. The summed E-state index contributed by atoms with van der Waals surface area (Å²) < 4.78 is 0. The number of halogens is 1. The van der Waals surface area contributed by atoms with Crippen LogP contribution < -0.4 is 10.6 Å². The van der Waals surface area contributed by atoms with E-state index < -0.39 is 0 Å². The first-order valence-electron chi connectivity index (χ1n) is 5.02. The van der Waals surface area contributed by atoms with Crippen LogP contribution in [0.1, 0.15) is 20.8 Å². The van der Waals surface area contributed by atoms with E-state index in [9.17, 15) is 0 Å². The molecule has 1 rings (SSSR count).